The van der Waals surface area contributed by atoms with E-state index in [2.05, 4.69) is 5.32 Å². The Labute approximate surface area is 119 Å². The Morgan fingerprint density at radius 3 is 2.40 bits per heavy atom. The van der Waals surface area contributed by atoms with Gasteiger partial charge in [-0.3, -0.25) is 0 Å². The van der Waals surface area contributed by atoms with E-state index in [1.54, 1.807) is 36.2 Å². The van der Waals surface area contributed by atoms with Gasteiger partial charge in [-0.2, -0.15) is 0 Å². The summed E-state index contributed by atoms with van der Waals surface area (Å²) in [5.74, 6) is -0.942. The number of rotatable bonds is 4. The van der Waals surface area contributed by atoms with Gasteiger partial charge in [0.2, 0.25) is 0 Å². The summed E-state index contributed by atoms with van der Waals surface area (Å²) in [6.45, 7) is 6.21. The molecule has 110 valence electrons. The highest BCUT2D eigenvalue weighted by Crippen LogP contribution is 2.10. The third-order valence-corrected chi connectivity index (χ3v) is 2.79. The zero-order chi connectivity index (χ0) is 15.3. The van der Waals surface area contributed by atoms with E-state index in [-0.39, 0.29) is 17.1 Å². The summed E-state index contributed by atoms with van der Waals surface area (Å²) < 4.78 is 0. The van der Waals surface area contributed by atoms with Crippen LogP contribution in [-0.2, 0) is 6.42 Å². The van der Waals surface area contributed by atoms with Crippen LogP contribution >= 0.6 is 0 Å². The van der Waals surface area contributed by atoms with Gasteiger partial charge in [0.25, 0.3) is 0 Å². The van der Waals surface area contributed by atoms with Gasteiger partial charge in [-0.05, 0) is 38.8 Å². The van der Waals surface area contributed by atoms with Crippen molar-refractivity contribution < 1.29 is 14.7 Å². The Balaban J connectivity index is 2.64. The summed E-state index contributed by atoms with van der Waals surface area (Å²) in [4.78, 5) is 24.6. The summed E-state index contributed by atoms with van der Waals surface area (Å²) in [5.41, 5.74) is 0.733. The zero-order valence-corrected chi connectivity index (χ0v) is 12.4. The van der Waals surface area contributed by atoms with Gasteiger partial charge in [0.05, 0.1) is 5.56 Å². The van der Waals surface area contributed by atoms with Crippen molar-refractivity contribution >= 4 is 12.0 Å². The number of hydrogen-bond donors (Lipinski definition) is 2. The lowest BCUT2D eigenvalue weighted by Crippen LogP contribution is -2.47. The maximum Gasteiger partial charge on any atom is 0.335 e. The van der Waals surface area contributed by atoms with Crippen molar-refractivity contribution in [1.29, 1.82) is 0 Å². The molecule has 0 aromatic heterocycles. The van der Waals surface area contributed by atoms with Crippen LogP contribution in [0.1, 0.15) is 36.7 Å². The third-order valence-electron chi connectivity index (χ3n) is 2.79. The molecule has 0 aliphatic carbocycles. The second-order valence-corrected chi connectivity index (χ2v) is 5.81. The molecule has 0 spiro atoms. The molecular weight excluding hydrogens is 256 g/mol. The summed E-state index contributed by atoms with van der Waals surface area (Å²) >= 11 is 0. The van der Waals surface area contributed by atoms with E-state index in [0.717, 1.165) is 5.56 Å². The van der Waals surface area contributed by atoms with Gasteiger partial charge < -0.3 is 15.3 Å². The van der Waals surface area contributed by atoms with Crippen molar-refractivity contribution in [3.8, 4) is 0 Å². The van der Waals surface area contributed by atoms with Gasteiger partial charge in [0.1, 0.15) is 0 Å². The minimum Gasteiger partial charge on any atom is -0.478 e. The van der Waals surface area contributed by atoms with E-state index in [4.69, 9.17) is 5.11 Å². The van der Waals surface area contributed by atoms with E-state index >= 15 is 0 Å². The molecule has 0 bridgehead atoms. The molecule has 0 aliphatic heterocycles. The fourth-order valence-corrected chi connectivity index (χ4v) is 1.75. The fraction of sp³-hybridized carbons (Fsp3) is 0.467. The zero-order valence-electron chi connectivity index (χ0n) is 12.4. The number of urea groups is 1. The molecule has 0 heterocycles. The number of benzene rings is 1. The maximum absolute atomic E-state index is 11.9. The van der Waals surface area contributed by atoms with Gasteiger partial charge in [-0.15, -0.1) is 0 Å². The Morgan fingerprint density at radius 2 is 1.85 bits per heavy atom. The number of carbonyl (C=O) groups excluding carboxylic acids is 1. The normalized spacial score (nSPS) is 11.0. The van der Waals surface area contributed by atoms with Crippen LogP contribution in [0, 0.1) is 0 Å². The molecule has 20 heavy (non-hydrogen) atoms. The third kappa shape index (κ3) is 4.91. The molecule has 1 aromatic rings. The van der Waals surface area contributed by atoms with Crippen LogP contribution in [0.25, 0.3) is 0 Å². The van der Waals surface area contributed by atoms with Gasteiger partial charge >= 0.3 is 12.0 Å². The number of nitrogens with one attached hydrogen (secondary N) is 1. The van der Waals surface area contributed by atoms with Crippen LogP contribution < -0.4 is 5.32 Å². The second kappa shape index (κ2) is 6.41. The first-order chi connectivity index (χ1) is 9.20. The molecule has 5 heteroatoms. The first kappa shape index (κ1) is 16.0. The Hall–Kier alpha value is -2.04. The number of carboxylic acids is 1. The molecule has 0 saturated heterocycles. The highest BCUT2D eigenvalue weighted by molar-refractivity contribution is 5.89. The average molecular weight is 278 g/mol. The quantitative estimate of drug-likeness (QED) is 0.888. The van der Waals surface area contributed by atoms with Crippen molar-refractivity contribution in [1.82, 2.24) is 10.2 Å². The van der Waals surface area contributed by atoms with Crippen LogP contribution in [0.5, 0.6) is 0 Å². The minimum atomic E-state index is -0.942. The molecule has 0 fully saturated rings. The molecule has 2 N–H and O–H groups in total. The Bertz CT molecular complexity index is 492. The Kier molecular flexibility index (Phi) is 5.13. The van der Waals surface area contributed by atoms with Crippen LogP contribution in [0.3, 0.4) is 0 Å². The molecule has 0 unspecified atom stereocenters. The van der Waals surface area contributed by atoms with Crippen LogP contribution in [-0.4, -0.2) is 41.1 Å². The SMILES string of the molecule is CN(CCc1ccccc1C(=O)O)C(=O)NC(C)(C)C. The number of aromatic carboxylic acids is 1. The standard InChI is InChI=1S/C15H22N2O3/c1-15(2,3)16-14(20)17(4)10-9-11-7-5-6-8-12(11)13(18)19/h5-8H,9-10H2,1-4H3,(H,16,20)(H,18,19). The smallest absolute Gasteiger partial charge is 0.335 e. The van der Waals surface area contributed by atoms with Gasteiger partial charge in [-0.1, -0.05) is 18.2 Å². The molecule has 5 nitrogen and oxygen atoms in total. The number of nitrogens with zero attached hydrogens (tertiary/aromatic N) is 1. The van der Waals surface area contributed by atoms with Gasteiger partial charge in [0, 0.05) is 19.1 Å². The minimum absolute atomic E-state index is 0.162. The van der Waals surface area contributed by atoms with Crippen molar-refractivity contribution in [2.75, 3.05) is 13.6 Å². The molecule has 1 rings (SSSR count). The summed E-state index contributed by atoms with van der Waals surface area (Å²) in [6.07, 6.45) is 0.510. The summed E-state index contributed by atoms with van der Waals surface area (Å²) in [6, 6.07) is 6.69. The molecule has 0 aliphatic rings. The monoisotopic (exact) mass is 278 g/mol. The van der Waals surface area contributed by atoms with E-state index in [0.29, 0.717) is 13.0 Å². The van der Waals surface area contributed by atoms with Crippen molar-refractivity contribution in [2.45, 2.75) is 32.7 Å². The molecule has 0 atom stereocenters. The molecule has 2 amide bonds. The fourth-order valence-electron chi connectivity index (χ4n) is 1.75. The summed E-state index contributed by atoms with van der Waals surface area (Å²) in [5, 5.41) is 12.0. The molecule has 0 radical (unpaired) electrons. The van der Waals surface area contributed by atoms with Gasteiger partial charge in [-0.25, -0.2) is 9.59 Å². The van der Waals surface area contributed by atoms with E-state index < -0.39 is 5.97 Å². The largest absolute Gasteiger partial charge is 0.478 e. The van der Waals surface area contributed by atoms with E-state index in [1.807, 2.05) is 20.8 Å². The van der Waals surface area contributed by atoms with Crippen molar-refractivity contribution in [3.63, 3.8) is 0 Å². The van der Waals surface area contributed by atoms with Crippen LogP contribution in [0.15, 0.2) is 24.3 Å². The number of carboxylic acid groups (broad SMARTS) is 1. The second-order valence-electron chi connectivity index (χ2n) is 5.81. The number of likely N-dealkylation sites (N-methyl/N-ethyl adjacent to an activating group) is 1. The number of carbonyl (C=O) groups is 2. The predicted molar refractivity (Wildman–Crippen MR) is 78.0 cm³/mol. The number of amides is 2. The topological polar surface area (TPSA) is 69.6 Å². The lowest BCUT2D eigenvalue weighted by Gasteiger charge is -2.25. The first-order valence-corrected chi connectivity index (χ1v) is 6.55. The average Bonchev–Trinajstić information content (AvgIpc) is 2.34. The molecule has 1 aromatic carbocycles. The van der Waals surface area contributed by atoms with Crippen molar-refractivity contribution in [3.05, 3.63) is 35.4 Å². The highest BCUT2D eigenvalue weighted by Gasteiger charge is 2.17. The van der Waals surface area contributed by atoms with Crippen LogP contribution in [0.2, 0.25) is 0 Å². The van der Waals surface area contributed by atoms with Crippen molar-refractivity contribution in [2.24, 2.45) is 0 Å². The lowest BCUT2D eigenvalue weighted by atomic mass is 10.0. The van der Waals surface area contributed by atoms with E-state index in [9.17, 15) is 9.59 Å². The maximum atomic E-state index is 11.9. The molecular formula is C15H22N2O3. The highest BCUT2D eigenvalue weighted by atomic mass is 16.4. The Morgan fingerprint density at radius 1 is 1.25 bits per heavy atom. The molecule has 0 saturated carbocycles. The lowest BCUT2D eigenvalue weighted by molar-refractivity contribution is 0.0695. The first-order valence-electron chi connectivity index (χ1n) is 6.55. The van der Waals surface area contributed by atoms with Gasteiger partial charge in [0.15, 0.2) is 0 Å². The van der Waals surface area contributed by atoms with Crippen LogP contribution in [0.4, 0.5) is 4.79 Å². The summed E-state index contributed by atoms with van der Waals surface area (Å²) in [7, 11) is 1.70. The van der Waals surface area contributed by atoms with E-state index in [1.165, 1.54) is 0 Å². The number of hydrogen-bond acceptors (Lipinski definition) is 2. The predicted octanol–water partition coefficient (Wildman–Crippen LogP) is 2.37.